The van der Waals surface area contributed by atoms with Crippen LogP contribution in [0.15, 0.2) is 84.9 Å². The summed E-state index contributed by atoms with van der Waals surface area (Å²) in [5.41, 5.74) is 1.42. The van der Waals surface area contributed by atoms with E-state index in [-0.39, 0.29) is 34.1 Å². The molecule has 0 spiro atoms. The first kappa shape index (κ1) is 38.9. The zero-order chi connectivity index (χ0) is 30.8. The topological polar surface area (TPSA) is 3.24 Å². The maximum atomic E-state index is 2.69. The van der Waals surface area contributed by atoms with Crippen LogP contribution in [0.4, 0.5) is 0 Å². The third-order valence-electron chi connectivity index (χ3n) is 8.61. The third-order valence-corrected chi connectivity index (χ3v) is 11.2. The number of likely N-dealkylation sites (tertiary alicyclic amines) is 1. The number of rotatable bonds is 5. The molecule has 1 heterocycles. The molecule has 8 rings (SSSR count). The van der Waals surface area contributed by atoms with Gasteiger partial charge in [0.1, 0.15) is 0 Å². The first-order chi connectivity index (χ1) is 22.2. The van der Waals surface area contributed by atoms with Crippen LogP contribution in [-0.4, -0.2) is 17.0 Å². The number of nitrogens with zero attached hydrogens (tertiary/aromatic N) is 1. The first-order valence-electron chi connectivity index (χ1n) is 15.8. The van der Waals surface area contributed by atoms with Gasteiger partial charge in [0.2, 0.25) is 0 Å². The fourth-order valence-electron chi connectivity index (χ4n) is 6.34. The van der Waals surface area contributed by atoms with Crippen LogP contribution in [0.25, 0.3) is 0 Å². The van der Waals surface area contributed by atoms with Crippen molar-refractivity contribution in [2.24, 2.45) is 0 Å². The number of benzene rings is 3. The Morgan fingerprint density at radius 3 is 1.28 bits per heavy atom. The van der Waals surface area contributed by atoms with Crippen LogP contribution in [0.3, 0.4) is 0 Å². The van der Waals surface area contributed by atoms with Crippen molar-refractivity contribution in [3.8, 4) is 0 Å². The van der Waals surface area contributed by atoms with Gasteiger partial charge < -0.3 is 0 Å². The van der Waals surface area contributed by atoms with E-state index in [4.69, 9.17) is 0 Å². The average Bonchev–Trinajstić information content (AvgIpc) is 3.93. The van der Waals surface area contributed by atoms with Gasteiger partial charge in [-0.25, -0.2) is 0 Å². The fraction of sp³-hybridized carbons (Fsp3) is 0.116. The summed E-state index contributed by atoms with van der Waals surface area (Å²) in [6.07, 6.45) is 33.6. The molecular formula is C43H40Fe2NP+4. The third kappa shape index (κ3) is 9.87. The van der Waals surface area contributed by atoms with Crippen LogP contribution in [0, 0.1) is 126 Å². The molecule has 1 saturated heterocycles. The Morgan fingerprint density at radius 1 is 0.468 bits per heavy atom. The Hall–Kier alpha value is -0.911. The van der Waals surface area contributed by atoms with Gasteiger partial charge in [-0.2, -0.15) is 0 Å². The van der Waals surface area contributed by atoms with Gasteiger partial charge in [-0.15, -0.1) is 0 Å². The average molecular weight is 713 g/mol. The second-order valence-electron chi connectivity index (χ2n) is 11.4. The van der Waals surface area contributed by atoms with Crippen molar-refractivity contribution in [2.75, 3.05) is 0 Å². The molecule has 0 bridgehead atoms. The molecule has 234 valence electrons. The zero-order valence-electron chi connectivity index (χ0n) is 26.8. The van der Waals surface area contributed by atoms with Gasteiger partial charge in [0.05, 0.1) is 0 Å². The van der Waals surface area contributed by atoms with E-state index in [0.29, 0.717) is 12.1 Å². The van der Waals surface area contributed by atoms with E-state index in [9.17, 15) is 0 Å². The van der Waals surface area contributed by atoms with Crippen molar-refractivity contribution in [3.63, 3.8) is 0 Å². The van der Waals surface area contributed by atoms with E-state index in [1.165, 1.54) is 45.1 Å². The Bertz CT molecular complexity index is 1190. The van der Waals surface area contributed by atoms with E-state index in [2.05, 4.69) is 142 Å². The molecule has 3 aromatic rings. The van der Waals surface area contributed by atoms with Gasteiger partial charge in [-0.05, 0) is 158 Å². The molecule has 3 aromatic carbocycles. The first-order valence-corrected chi connectivity index (χ1v) is 17.2. The smallest absolute Gasteiger partial charge is 0.292 e. The standard InChI is InChI=1S/C33H30NP.2C5H5.2Fe/c1-24-29-18-11-20-31(29)32-21-12-19-30(32)25(2)34(24)23-26-13-9-10-22-33(26)35(27-14-5-3-6-15-27)28-16-7-4-8-17-28;2*1-2-4-5-3-1;;/h3-22,24-25H,23H2,1-2H3;2*1-5H;;/q;;;2*+2/t24-,25-;;;;/m1..../s1. The van der Waals surface area contributed by atoms with Gasteiger partial charge >= 0.3 is 34.1 Å². The van der Waals surface area contributed by atoms with Crippen LogP contribution < -0.4 is 15.9 Å². The predicted octanol–water partition coefficient (Wildman–Crippen LogP) is 7.63. The van der Waals surface area contributed by atoms with Crippen molar-refractivity contribution in [2.45, 2.75) is 32.5 Å². The Kier molecular flexibility index (Phi) is 16.6. The maximum absolute atomic E-state index is 2.69. The molecule has 4 heteroatoms. The van der Waals surface area contributed by atoms with Crippen molar-refractivity contribution < 1.29 is 34.1 Å². The summed E-state index contributed by atoms with van der Waals surface area (Å²) in [6, 6.07) is 31.9. The van der Waals surface area contributed by atoms with E-state index < -0.39 is 7.92 Å². The molecule has 4 saturated carbocycles. The van der Waals surface area contributed by atoms with Gasteiger partial charge in [0, 0.05) is 30.5 Å². The van der Waals surface area contributed by atoms with E-state index in [1.54, 1.807) is 0 Å². The SMILES string of the molecule is C[C@@H]1[C]2[CH][CH][CH][C]2[C]2[CH][CH][CH][C]2[C@@H](C)N1Cc1ccccc1P(c1ccccc1)c1ccccc1.[CH]1[CH][CH][CH][CH]1.[CH]1[CH][CH][CH][CH]1.[Fe+2].[Fe+2]. The van der Waals surface area contributed by atoms with E-state index in [1.807, 2.05) is 64.2 Å². The van der Waals surface area contributed by atoms with Gasteiger partial charge in [-0.3, -0.25) is 4.90 Å². The molecule has 4 aliphatic carbocycles. The largest absolute Gasteiger partial charge is 2.00 e. The van der Waals surface area contributed by atoms with E-state index in [0.717, 1.165) is 6.54 Å². The monoisotopic (exact) mass is 713 g/mol. The molecule has 2 atom stereocenters. The van der Waals surface area contributed by atoms with Crippen molar-refractivity contribution in [1.29, 1.82) is 0 Å². The van der Waals surface area contributed by atoms with Crippen LogP contribution >= 0.6 is 7.92 Å². The molecule has 0 unspecified atom stereocenters. The van der Waals surface area contributed by atoms with Gasteiger partial charge in [0.15, 0.2) is 0 Å². The zero-order valence-corrected chi connectivity index (χ0v) is 29.9. The van der Waals surface area contributed by atoms with Crippen LogP contribution in [0.1, 0.15) is 19.4 Å². The molecule has 0 N–H and O–H groups in total. The Morgan fingerprint density at radius 2 is 0.851 bits per heavy atom. The number of hydrogen-bond acceptors (Lipinski definition) is 1. The van der Waals surface area contributed by atoms with Crippen LogP contribution in [0.5, 0.6) is 0 Å². The van der Waals surface area contributed by atoms with Crippen LogP contribution in [-0.2, 0) is 40.7 Å². The minimum absolute atomic E-state index is 0. The van der Waals surface area contributed by atoms with Crippen LogP contribution in [0.2, 0.25) is 0 Å². The minimum atomic E-state index is -0.642. The quantitative estimate of drug-likeness (QED) is 0.194. The van der Waals surface area contributed by atoms with Crippen molar-refractivity contribution in [1.82, 2.24) is 4.90 Å². The van der Waals surface area contributed by atoms with Crippen molar-refractivity contribution >= 4 is 23.8 Å². The summed E-state index contributed by atoms with van der Waals surface area (Å²) in [7, 11) is -0.642. The number of fused-ring (bicyclic) bond motifs is 3. The fourth-order valence-corrected chi connectivity index (χ4v) is 8.80. The second-order valence-corrected chi connectivity index (χ2v) is 13.6. The molecule has 1 aliphatic heterocycles. The summed E-state index contributed by atoms with van der Waals surface area (Å²) < 4.78 is 0. The molecule has 1 nitrogen and oxygen atoms in total. The number of hydrogen-bond donors (Lipinski definition) is 0. The summed E-state index contributed by atoms with van der Waals surface area (Å²) in [6.45, 7) is 5.67. The Balaban J connectivity index is 0.000000357. The predicted molar refractivity (Wildman–Crippen MR) is 191 cm³/mol. The summed E-state index contributed by atoms with van der Waals surface area (Å²) in [5, 5.41) is 4.25. The van der Waals surface area contributed by atoms with Gasteiger partial charge in [0.25, 0.3) is 0 Å². The van der Waals surface area contributed by atoms with Crippen molar-refractivity contribution in [3.05, 3.63) is 217 Å². The maximum Gasteiger partial charge on any atom is 2.00 e. The minimum Gasteiger partial charge on any atom is -0.292 e. The summed E-state index contributed by atoms with van der Waals surface area (Å²) in [4.78, 5) is 2.69. The van der Waals surface area contributed by atoms with Gasteiger partial charge in [-0.1, -0.05) is 84.9 Å². The molecule has 5 aliphatic rings. The second kappa shape index (κ2) is 20.1. The molecule has 47 heavy (non-hydrogen) atoms. The normalized spacial score (nSPS) is 23.4. The Labute approximate surface area is 310 Å². The molecule has 5 fully saturated rings. The van der Waals surface area contributed by atoms with E-state index >= 15 is 0 Å². The molecule has 0 amide bonds. The molecular weight excluding hydrogens is 673 g/mol. The molecule has 20 radical (unpaired) electrons. The summed E-state index contributed by atoms with van der Waals surface area (Å²) >= 11 is 0. The summed E-state index contributed by atoms with van der Waals surface area (Å²) in [5.74, 6) is 5.67. The molecule has 0 aromatic heterocycles.